The molecule has 1 heterocycles. The number of alkyl halides is 3. The highest BCUT2D eigenvalue weighted by molar-refractivity contribution is 5.85. The summed E-state index contributed by atoms with van der Waals surface area (Å²) in [4.78, 5) is 14.3. The highest BCUT2D eigenvalue weighted by Gasteiger charge is 2.29. The number of halogens is 4. The molecule has 0 saturated carbocycles. The first kappa shape index (κ1) is 24.4. The number of aryl methyl sites for hydroxylation is 1. The van der Waals surface area contributed by atoms with Crippen LogP contribution in [0.5, 0.6) is 11.5 Å². The summed E-state index contributed by atoms with van der Waals surface area (Å²) in [6, 6.07) is 4.74. The monoisotopic (exact) mass is 424 g/mol. The van der Waals surface area contributed by atoms with Gasteiger partial charge in [-0.05, 0) is 56.5 Å². The molecule has 1 aliphatic heterocycles. The van der Waals surface area contributed by atoms with E-state index in [0.29, 0.717) is 18.8 Å². The first-order chi connectivity index (χ1) is 12.8. The van der Waals surface area contributed by atoms with Crippen LogP contribution in [0.3, 0.4) is 0 Å². The molecule has 1 amide bonds. The van der Waals surface area contributed by atoms with Crippen LogP contribution in [0.25, 0.3) is 0 Å². The van der Waals surface area contributed by atoms with Crippen LogP contribution in [0, 0.1) is 5.92 Å². The Bertz CT molecular complexity index is 621. The number of carbonyl (C=O) groups is 1. The van der Waals surface area contributed by atoms with Crippen LogP contribution in [0.2, 0.25) is 0 Å². The highest BCUT2D eigenvalue weighted by Crippen LogP contribution is 2.30. The summed E-state index contributed by atoms with van der Waals surface area (Å²) in [6.07, 6.45) is -1.53. The molecule has 1 aromatic carbocycles. The normalized spacial score (nSPS) is 15.1. The maximum absolute atomic E-state index is 12.4. The molecule has 0 aromatic heterocycles. The van der Waals surface area contributed by atoms with E-state index >= 15 is 0 Å². The lowest BCUT2D eigenvalue weighted by atomic mass is 9.96. The van der Waals surface area contributed by atoms with Crippen molar-refractivity contribution in [1.82, 2.24) is 10.2 Å². The van der Waals surface area contributed by atoms with Gasteiger partial charge in [-0.15, -0.1) is 12.4 Å². The van der Waals surface area contributed by atoms with Gasteiger partial charge in [-0.1, -0.05) is 6.07 Å². The Morgan fingerprint density at radius 1 is 1.25 bits per heavy atom. The third-order valence-corrected chi connectivity index (χ3v) is 4.71. The average Bonchev–Trinajstić information content (AvgIpc) is 2.65. The van der Waals surface area contributed by atoms with Crippen molar-refractivity contribution < 1.29 is 27.4 Å². The van der Waals surface area contributed by atoms with E-state index in [1.807, 2.05) is 11.9 Å². The average molecular weight is 425 g/mol. The minimum Gasteiger partial charge on any atom is -0.493 e. The van der Waals surface area contributed by atoms with E-state index in [1.165, 1.54) is 13.2 Å². The van der Waals surface area contributed by atoms with Crippen molar-refractivity contribution in [3.8, 4) is 11.5 Å². The molecule has 28 heavy (non-hydrogen) atoms. The Balaban J connectivity index is 0.00000392. The second kappa shape index (κ2) is 11.4. The highest BCUT2D eigenvalue weighted by atomic mass is 35.5. The Morgan fingerprint density at radius 3 is 2.50 bits per heavy atom. The van der Waals surface area contributed by atoms with Gasteiger partial charge in [0.05, 0.1) is 7.11 Å². The number of nitrogens with one attached hydrogen (secondary N) is 1. The maximum atomic E-state index is 12.4. The molecule has 1 saturated heterocycles. The number of amides is 1. The fraction of sp³-hybridized carbons (Fsp3) is 0.632. The van der Waals surface area contributed by atoms with Gasteiger partial charge in [-0.3, -0.25) is 4.79 Å². The van der Waals surface area contributed by atoms with Crippen LogP contribution >= 0.6 is 12.4 Å². The van der Waals surface area contributed by atoms with Gasteiger partial charge in [-0.25, -0.2) is 0 Å². The molecule has 2 rings (SSSR count). The van der Waals surface area contributed by atoms with Crippen molar-refractivity contribution in [3.05, 3.63) is 23.8 Å². The van der Waals surface area contributed by atoms with E-state index in [4.69, 9.17) is 9.47 Å². The number of benzene rings is 1. The van der Waals surface area contributed by atoms with E-state index in [9.17, 15) is 18.0 Å². The summed E-state index contributed by atoms with van der Waals surface area (Å²) in [7, 11) is 3.31. The zero-order valence-corrected chi connectivity index (χ0v) is 17.0. The van der Waals surface area contributed by atoms with Gasteiger partial charge < -0.3 is 19.7 Å². The predicted molar refractivity (Wildman–Crippen MR) is 103 cm³/mol. The molecule has 0 radical (unpaired) electrons. The summed E-state index contributed by atoms with van der Waals surface area (Å²) >= 11 is 0. The standard InChI is InChI=1S/C19H27F3N2O3.ClH/c1-23-12-15-7-9-24(10-8-15)18(25)6-4-14-3-5-16(17(11-14)26-2)27-13-19(20,21)22;/h3,5,11,15,23H,4,6-10,12-13H2,1-2H3;1H. The van der Waals surface area contributed by atoms with E-state index in [2.05, 4.69) is 5.32 Å². The first-order valence-corrected chi connectivity index (χ1v) is 9.11. The van der Waals surface area contributed by atoms with Crippen LogP contribution < -0.4 is 14.8 Å². The van der Waals surface area contributed by atoms with Crippen LogP contribution in [-0.2, 0) is 11.2 Å². The first-order valence-electron chi connectivity index (χ1n) is 9.11. The number of ether oxygens (including phenoxy) is 2. The molecule has 1 aliphatic rings. The number of hydrogen-bond donors (Lipinski definition) is 1. The zero-order valence-electron chi connectivity index (χ0n) is 16.2. The quantitative estimate of drug-likeness (QED) is 0.694. The van der Waals surface area contributed by atoms with Crippen LogP contribution in [-0.4, -0.2) is 57.4 Å². The third kappa shape index (κ3) is 7.75. The minimum absolute atomic E-state index is 0. The second-order valence-corrected chi connectivity index (χ2v) is 6.77. The van der Waals surface area contributed by atoms with E-state index < -0.39 is 12.8 Å². The summed E-state index contributed by atoms with van der Waals surface area (Å²) < 4.78 is 46.8. The fourth-order valence-electron chi connectivity index (χ4n) is 3.23. The van der Waals surface area contributed by atoms with Crippen LogP contribution in [0.15, 0.2) is 18.2 Å². The van der Waals surface area contributed by atoms with Crippen molar-refractivity contribution >= 4 is 18.3 Å². The predicted octanol–water partition coefficient (Wildman–Crippen LogP) is 3.45. The van der Waals surface area contributed by atoms with Gasteiger partial charge in [0, 0.05) is 19.5 Å². The molecule has 1 fully saturated rings. The number of nitrogens with zero attached hydrogens (tertiary/aromatic N) is 1. The van der Waals surface area contributed by atoms with Crippen molar-refractivity contribution in [2.45, 2.75) is 31.9 Å². The molecule has 0 unspecified atom stereocenters. The van der Waals surface area contributed by atoms with E-state index in [-0.39, 0.29) is 29.8 Å². The van der Waals surface area contributed by atoms with Gasteiger partial charge in [-0.2, -0.15) is 13.2 Å². The zero-order chi connectivity index (χ0) is 19.9. The molecule has 0 atom stereocenters. The van der Waals surface area contributed by atoms with Crippen molar-refractivity contribution in [2.75, 3.05) is 40.4 Å². The maximum Gasteiger partial charge on any atom is 0.422 e. The number of likely N-dealkylation sites (tertiary alicyclic amines) is 1. The minimum atomic E-state index is -4.41. The van der Waals surface area contributed by atoms with Crippen molar-refractivity contribution in [3.63, 3.8) is 0 Å². The largest absolute Gasteiger partial charge is 0.493 e. The Morgan fingerprint density at radius 2 is 1.93 bits per heavy atom. The number of carbonyl (C=O) groups excluding carboxylic acids is 1. The fourth-order valence-corrected chi connectivity index (χ4v) is 3.23. The Kier molecular flexibility index (Phi) is 9.89. The van der Waals surface area contributed by atoms with Crippen molar-refractivity contribution in [2.24, 2.45) is 5.92 Å². The van der Waals surface area contributed by atoms with Gasteiger partial charge in [0.25, 0.3) is 0 Å². The smallest absolute Gasteiger partial charge is 0.422 e. The molecule has 0 aliphatic carbocycles. The lowest BCUT2D eigenvalue weighted by Crippen LogP contribution is -2.40. The second-order valence-electron chi connectivity index (χ2n) is 6.77. The summed E-state index contributed by atoms with van der Waals surface area (Å²) in [6.45, 7) is 1.16. The van der Waals surface area contributed by atoms with E-state index in [1.54, 1.807) is 12.1 Å². The topological polar surface area (TPSA) is 50.8 Å². The lowest BCUT2D eigenvalue weighted by molar-refractivity contribution is -0.153. The number of piperidine rings is 1. The summed E-state index contributed by atoms with van der Waals surface area (Å²) in [5.74, 6) is 0.996. The van der Waals surface area contributed by atoms with Crippen LogP contribution in [0.1, 0.15) is 24.8 Å². The van der Waals surface area contributed by atoms with E-state index in [0.717, 1.165) is 38.0 Å². The number of methoxy groups -OCH3 is 1. The molecule has 1 N–H and O–H groups in total. The molecule has 0 bridgehead atoms. The number of hydrogen-bond acceptors (Lipinski definition) is 4. The summed E-state index contributed by atoms with van der Waals surface area (Å²) in [5.41, 5.74) is 0.824. The molecule has 1 aromatic rings. The van der Waals surface area contributed by atoms with Gasteiger partial charge in [0.15, 0.2) is 18.1 Å². The van der Waals surface area contributed by atoms with Gasteiger partial charge in [0.2, 0.25) is 5.91 Å². The number of rotatable bonds is 8. The molecular formula is C19H28ClF3N2O3. The Hall–Kier alpha value is -1.67. The Labute approximate surface area is 170 Å². The third-order valence-electron chi connectivity index (χ3n) is 4.71. The summed E-state index contributed by atoms with van der Waals surface area (Å²) in [5, 5.41) is 3.17. The van der Waals surface area contributed by atoms with Gasteiger partial charge in [0.1, 0.15) is 0 Å². The lowest BCUT2D eigenvalue weighted by Gasteiger charge is -2.32. The molecule has 9 heteroatoms. The molecule has 160 valence electrons. The SMILES string of the molecule is CNCC1CCN(C(=O)CCc2ccc(OCC(F)(F)F)c(OC)c2)CC1.Cl. The molecular weight excluding hydrogens is 397 g/mol. The van der Waals surface area contributed by atoms with Crippen molar-refractivity contribution in [1.29, 1.82) is 0 Å². The van der Waals surface area contributed by atoms with Crippen LogP contribution in [0.4, 0.5) is 13.2 Å². The molecule has 5 nitrogen and oxygen atoms in total. The molecule has 0 spiro atoms. The van der Waals surface area contributed by atoms with Gasteiger partial charge >= 0.3 is 6.18 Å².